The lowest BCUT2D eigenvalue weighted by Crippen LogP contribution is -2.16. The van der Waals surface area contributed by atoms with Crippen molar-refractivity contribution >= 4 is 22.9 Å². The fraction of sp³-hybridized carbons (Fsp3) is 0.143. The second-order valence-corrected chi connectivity index (χ2v) is 4.71. The number of thiocarbonyl (C=S) groups is 1. The zero-order chi connectivity index (χ0) is 15.5. The normalized spacial score (nSPS) is 11.2. The maximum Gasteiger partial charge on any atom is 0.416 e. The lowest BCUT2D eigenvalue weighted by molar-refractivity contribution is -0.138. The number of hydrogen-bond acceptors (Lipinski definition) is 3. The number of anilines is 1. The Morgan fingerprint density at radius 1 is 1.19 bits per heavy atom. The van der Waals surface area contributed by atoms with E-state index in [1.54, 1.807) is 18.2 Å². The minimum atomic E-state index is -4.39. The second-order valence-electron chi connectivity index (χ2n) is 4.27. The highest BCUT2D eigenvalue weighted by Gasteiger charge is 2.32. The standard InChI is InChI=1S/C14H12F3N3S/c15-14(16,17)10-5-2-1-4-9(10)8-20-11-6-3-7-19-12(11)13(18)21/h1-7,20H,8H2,(H2,18,21). The maximum absolute atomic E-state index is 12.9. The zero-order valence-corrected chi connectivity index (χ0v) is 11.6. The minimum absolute atomic E-state index is 0.00299. The van der Waals surface area contributed by atoms with E-state index >= 15 is 0 Å². The van der Waals surface area contributed by atoms with Crippen molar-refractivity contribution in [3.63, 3.8) is 0 Å². The van der Waals surface area contributed by atoms with Crippen molar-refractivity contribution in [2.24, 2.45) is 5.73 Å². The molecular weight excluding hydrogens is 299 g/mol. The Bertz CT molecular complexity index is 656. The first-order valence-electron chi connectivity index (χ1n) is 6.03. The molecule has 1 heterocycles. The summed E-state index contributed by atoms with van der Waals surface area (Å²) in [4.78, 5) is 4.10. The van der Waals surface area contributed by atoms with Crippen LogP contribution in [0, 0.1) is 0 Å². The molecule has 0 aliphatic heterocycles. The van der Waals surface area contributed by atoms with Crippen molar-refractivity contribution in [3.8, 4) is 0 Å². The smallest absolute Gasteiger partial charge is 0.388 e. The monoisotopic (exact) mass is 311 g/mol. The second kappa shape index (κ2) is 6.09. The van der Waals surface area contributed by atoms with Crippen LogP contribution in [-0.4, -0.2) is 9.97 Å². The van der Waals surface area contributed by atoms with Gasteiger partial charge in [0.05, 0.1) is 11.3 Å². The summed E-state index contributed by atoms with van der Waals surface area (Å²) in [6.45, 7) is -0.00299. The Balaban J connectivity index is 2.24. The summed E-state index contributed by atoms with van der Waals surface area (Å²) in [6, 6.07) is 8.71. The Kier molecular flexibility index (Phi) is 4.42. The molecule has 2 aromatic rings. The predicted octanol–water partition coefficient (Wildman–Crippen LogP) is 3.35. The third-order valence-corrected chi connectivity index (χ3v) is 3.03. The number of nitrogens with zero attached hydrogens (tertiary/aromatic N) is 1. The molecule has 0 bridgehead atoms. The van der Waals surface area contributed by atoms with Gasteiger partial charge in [-0.3, -0.25) is 4.98 Å². The SMILES string of the molecule is NC(=S)c1ncccc1NCc1ccccc1C(F)(F)F. The number of hydrogen-bond donors (Lipinski definition) is 2. The van der Waals surface area contributed by atoms with Crippen molar-refractivity contribution in [2.75, 3.05) is 5.32 Å². The number of alkyl halides is 3. The lowest BCUT2D eigenvalue weighted by atomic mass is 10.1. The van der Waals surface area contributed by atoms with Crippen LogP contribution in [0.15, 0.2) is 42.6 Å². The average molecular weight is 311 g/mol. The molecule has 3 N–H and O–H groups in total. The molecule has 0 unspecified atom stereocenters. The molecule has 21 heavy (non-hydrogen) atoms. The highest BCUT2D eigenvalue weighted by atomic mass is 32.1. The van der Waals surface area contributed by atoms with Crippen molar-refractivity contribution in [1.29, 1.82) is 0 Å². The number of pyridine rings is 1. The largest absolute Gasteiger partial charge is 0.416 e. The number of aromatic nitrogens is 1. The summed E-state index contributed by atoms with van der Waals surface area (Å²) in [5, 5.41) is 2.89. The van der Waals surface area contributed by atoms with Crippen LogP contribution < -0.4 is 11.1 Å². The molecule has 0 saturated carbocycles. The van der Waals surface area contributed by atoms with E-state index in [-0.39, 0.29) is 17.1 Å². The first kappa shape index (κ1) is 15.2. The molecule has 0 fully saturated rings. The molecule has 7 heteroatoms. The fourth-order valence-electron chi connectivity index (χ4n) is 1.89. The summed E-state index contributed by atoms with van der Waals surface area (Å²) < 4.78 is 38.7. The first-order valence-corrected chi connectivity index (χ1v) is 6.44. The number of nitrogens with one attached hydrogen (secondary N) is 1. The summed E-state index contributed by atoms with van der Waals surface area (Å²) in [5.74, 6) is 0. The van der Waals surface area contributed by atoms with Crippen LogP contribution in [0.4, 0.5) is 18.9 Å². The number of benzene rings is 1. The van der Waals surface area contributed by atoms with Gasteiger partial charge in [-0.2, -0.15) is 13.2 Å². The average Bonchev–Trinajstić information content (AvgIpc) is 2.44. The third kappa shape index (κ3) is 3.69. The van der Waals surface area contributed by atoms with Gasteiger partial charge in [0.2, 0.25) is 0 Å². The first-order chi connectivity index (χ1) is 9.89. The van der Waals surface area contributed by atoms with E-state index in [2.05, 4.69) is 10.3 Å². The Labute approximate surface area is 125 Å². The van der Waals surface area contributed by atoms with Crippen LogP contribution in [0.5, 0.6) is 0 Å². The van der Waals surface area contributed by atoms with E-state index in [9.17, 15) is 13.2 Å². The molecule has 1 aromatic heterocycles. The van der Waals surface area contributed by atoms with Crippen LogP contribution in [0.3, 0.4) is 0 Å². The topological polar surface area (TPSA) is 50.9 Å². The van der Waals surface area contributed by atoms with Gasteiger partial charge in [-0.25, -0.2) is 0 Å². The highest BCUT2D eigenvalue weighted by Crippen LogP contribution is 2.32. The van der Waals surface area contributed by atoms with E-state index < -0.39 is 11.7 Å². The summed E-state index contributed by atoms with van der Waals surface area (Å²) in [7, 11) is 0. The molecule has 3 nitrogen and oxygen atoms in total. The van der Waals surface area contributed by atoms with Crippen LogP contribution in [0.25, 0.3) is 0 Å². The molecule has 0 amide bonds. The zero-order valence-electron chi connectivity index (χ0n) is 10.8. The van der Waals surface area contributed by atoms with Crippen LogP contribution in [0.1, 0.15) is 16.8 Å². The quantitative estimate of drug-likeness (QED) is 0.850. The van der Waals surface area contributed by atoms with Gasteiger partial charge in [0, 0.05) is 12.7 Å². The molecule has 0 spiro atoms. The molecule has 0 atom stereocenters. The van der Waals surface area contributed by atoms with Gasteiger partial charge in [-0.1, -0.05) is 30.4 Å². The predicted molar refractivity (Wildman–Crippen MR) is 78.9 cm³/mol. The molecule has 110 valence electrons. The molecule has 0 aliphatic rings. The van der Waals surface area contributed by atoms with Gasteiger partial charge in [0.25, 0.3) is 0 Å². The van der Waals surface area contributed by atoms with Crippen LogP contribution >= 0.6 is 12.2 Å². The Hall–Kier alpha value is -2.15. The maximum atomic E-state index is 12.9. The molecule has 0 saturated heterocycles. The van der Waals surface area contributed by atoms with Crippen molar-refractivity contribution < 1.29 is 13.2 Å². The summed E-state index contributed by atoms with van der Waals surface area (Å²) in [5.41, 5.74) is 5.86. The van der Waals surface area contributed by atoms with Gasteiger partial charge >= 0.3 is 6.18 Å². The number of rotatable bonds is 4. The third-order valence-electron chi connectivity index (χ3n) is 2.83. The van der Waals surface area contributed by atoms with Crippen molar-refractivity contribution in [1.82, 2.24) is 4.98 Å². The molecule has 2 rings (SSSR count). The summed E-state index contributed by atoms with van der Waals surface area (Å²) in [6.07, 6.45) is -2.87. The molecule has 0 aliphatic carbocycles. The van der Waals surface area contributed by atoms with E-state index in [1.165, 1.54) is 18.3 Å². The van der Waals surface area contributed by atoms with Gasteiger partial charge in [-0.05, 0) is 23.8 Å². The van der Waals surface area contributed by atoms with E-state index in [0.717, 1.165) is 6.07 Å². The van der Waals surface area contributed by atoms with Crippen molar-refractivity contribution in [3.05, 3.63) is 59.4 Å². The molecular formula is C14H12F3N3S. The number of nitrogens with two attached hydrogens (primary N) is 1. The van der Waals surface area contributed by atoms with E-state index in [4.69, 9.17) is 18.0 Å². The molecule has 1 aromatic carbocycles. The van der Waals surface area contributed by atoms with Gasteiger partial charge in [0.15, 0.2) is 0 Å². The van der Waals surface area contributed by atoms with Gasteiger partial charge in [-0.15, -0.1) is 0 Å². The fourth-order valence-corrected chi connectivity index (χ4v) is 2.05. The highest BCUT2D eigenvalue weighted by molar-refractivity contribution is 7.80. The summed E-state index contributed by atoms with van der Waals surface area (Å²) >= 11 is 4.86. The van der Waals surface area contributed by atoms with Gasteiger partial charge < -0.3 is 11.1 Å². The Morgan fingerprint density at radius 3 is 2.57 bits per heavy atom. The lowest BCUT2D eigenvalue weighted by Gasteiger charge is -2.15. The van der Waals surface area contributed by atoms with Crippen LogP contribution in [0.2, 0.25) is 0 Å². The van der Waals surface area contributed by atoms with Crippen molar-refractivity contribution in [2.45, 2.75) is 12.7 Å². The van der Waals surface area contributed by atoms with E-state index in [0.29, 0.717) is 11.4 Å². The Morgan fingerprint density at radius 2 is 1.90 bits per heavy atom. The minimum Gasteiger partial charge on any atom is -0.388 e. The molecule has 0 radical (unpaired) electrons. The van der Waals surface area contributed by atoms with Gasteiger partial charge in [0.1, 0.15) is 10.7 Å². The van der Waals surface area contributed by atoms with E-state index in [1.807, 2.05) is 0 Å². The number of halogens is 3. The van der Waals surface area contributed by atoms with Crippen LogP contribution in [-0.2, 0) is 12.7 Å².